The Kier molecular flexibility index (Phi) is 3.17. The molecule has 0 radical (unpaired) electrons. The highest BCUT2D eigenvalue weighted by Gasteiger charge is 2.19. The van der Waals surface area contributed by atoms with Gasteiger partial charge in [-0.3, -0.25) is 4.79 Å². The number of ether oxygens (including phenoxy) is 2. The number of rotatable bonds is 2. The first-order chi connectivity index (χ1) is 9.25. The van der Waals surface area contributed by atoms with Crippen molar-refractivity contribution in [3.05, 3.63) is 46.9 Å². The summed E-state index contributed by atoms with van der Waals surface area (Å²) in [6.07, 6.45) is 3.64. The lowest BCUT2D eigenvalue weighted by Gasteiger charge is -2.10. The highest BCUT2D eigenvalue weighted by molar-refractivity contribution is 6.35. The molecule has 5 heteroatoms. The van der Waals surface area contributed by atoms with E-state index in [1.165, 1.54) is 12.5 Å². The number of furan rings is 1. The monoisotopic (exact) mass is 278 g/mol. The van der Waals surface area contributed by atoms with Crippen molar-refractivity contribution in [3.63, 3.8) is 0 Å². The minimum atomic E-state index is -0.200. The average molecular weight is 279 g/mol. The molecule has 0 aliphatic carbocycles. The van der Waals surface area contributed by atoms with Gasteiger partial charge < -0.3 is 13.9 Å². The highest BCUT2D eigenvalue weighted by atomic mass is 35.5. The van der Waals surface area contributed by atoms with Crippen LogP contribution in [-0.4, -0.2) is 19.0 Å². The van der Waals surface area contributed by atoms with Gasteiger partial charge in [0, 0.05) is 18.1 Å². The third-order valence-corrected chi connectivity index (χ3v) is 3.18. The minimum absolute atomic E-state index is 0.200. The Labute approximate surface area is 114 Å². The Hall–Kier alpha value is -1.94. The van der Waals surface area contributed by atoms with Gasteiger partial charge in [0.1, 0.15) is 6.26 Å². The molecule has 19 heavy (non-hydrogen) atoms. The molecule has 0 saturated heterocycles. The fourth-order valence-electron chi connectivity index (χ4n) is 1.91. The molecule has 0 fully saturated rings. The fourth-order valence-corrected chi connectivity index (χ4v) is 2.15. The molecule has 2 heterocycles. The maximum atomic E-state index is 12.3. The van der Waals surface area contributed by atoms with Crippen LogP contribution in [0.3, 0.4) is 0 Å². The maximum absolute atomic E-state index is 12.3. The van der Waals surface area contributed by atoms with Gasteiger partial charge in [-0.25, -0.2) is 0 Å². The summed E-state index contributed by atoms with van der Waals surface area (Å²) in [6.45, 7) is 1.15. The summed E-state index contributed by atoms with van der Waals surface area (Å²) < 4.78 is 16.0. The molecule has 0 bridgehead atoms. The van der Waals surface area contributed by atoms with E-state index in [0.29, 0.717) is 40.9 Å². The normalized spacial score (nSPS) is 13.9. The molecule has 2 aromatic rings. The van der Waals surface area contributed by atoms with Crippen molar-refractivity contribution in [2.45, 2.75) is 6.42 Å². The van der Waals surface area contributed by atoms with Gasteiger partial charge in [0.05, 0.1) is 30.1 Å². The first-order valence-electron chi connectivity index (χ1n) is 5.92. The van der Waals surface area contributed by atoms with Crippen molar-refractivity contribution in [2.24, 2.45) is 0 Å². The molecule has 1 aliphatic rings. The van der Waals surface area contributed by atoms with Crippen LogP contribution < -0.4 is 9.47 Å². The quantitative estimate of drug-likeness (QED) is 0.791. The predicted octanol–water partition coefficient (Wildman–Crippen LogP) is 3.33. The van der Waals surface area contributed by atoms with Crippen LogP contribution in [0, 0.1) is 0 Å². The maximum Gasteiger partial charge on any atom is 0.197 e. The number of hydrogen-bond acceptors (Lipinski definition) is 4. The molecule has 1 aromatic heterocycles. The van der Waals surface area contributed by atoms with Crippen LogP contribution in [0.5, 0.6) is 11.5 Å². The molecule has 4 nitrogen and oxygen atoms in total. The first kappa shape index (κ1) is 12.1. The predicted molar refractivity (Wildman–Crippen MR) is 69.2 cm³/mol. The smallest absolute Gasteiger partial charge is 0.197 e. The van der Waals surface area contributed by atoms with Gasteiger partial charge in [-0.05, 0) is 12.1 Å². The van der Waals surface area contributed by atoms with Gasteiger partial charge in [0.15, 0.2) is 17.3 Å². The zero-order valence-electron chi connectivity index (χ0n) is 10.0. The van der Waals surface area contributed by atoms with E-state index in [2.05, 4.69) is 0 Å². The third kappa shape index (κ3) is 2.31. The van der Waals surface area contributed by atoms with E-state index in [1.54, 1.807) is 18.2 Å². The second kappa shape index (κ2) is 4.97. The zero-order chi connectivity index (χ0) is 13.2. The van der Waals surface area contributed by atoms with E-state index in [0.717, 1.165) is 6.42 Å². The van der Waals surface area contributed by atoms with E-state index in [1.807, 2.05) is 0 Å². The lowest BCUT2D eigenvalue weighted by molar-refractivity contribution is 0.103. The largest absolute Gasteiger partial charge is 0.490 e. The van der Waals surface area contributed by atoms with Gasteiger partial charge in [0.2, 0.25) is 0 Å². The molecular weight excluding hydrogens is 268 g/mol. The van der Waals surface area contributed by atoms with Crippen LogP contribution >= 0.6 is 11.6 Å². The molecule has 0 amide bonds. The van der Waals surface area contributed by atoms with Crippen molar-refractivity contribution < 1.29 is 18.7 Å². The Balaban J connectivity index is 2.02. The number of ketones is 1. The Morgan fingerprint density at radius 3 is 2.58 bits per heavy atom. The van der Waals surface area contributed by atoms with Crippen LogP contribution in [0.2, 0.25) is 5.02 Å². The molecule has 0 saturated carbocycles. The molecule has 1 aromatic carbocycles. The summed E-state index contributed by atoms with van der Waals surface area (Å²) in [7, 11) is 0. The van der Waals surface area contributed by atoms with Crippen LogP contribution in [-0.2, 0) is 0 Å². The van der Waals surface area contributed by atoms with E-state index < -0.39 is 0 Å². The highest BCUT2D eigenvalue weighted by Crippen LogP contribution is 2.35. The van der Waals surface area contributed by atoms with E-state index in [9.17, 15) is 4.79 Å². The standard InChI is InChI=1S/C14H11ClO4/c15-11-7-13-12(18-3-1-4-19-13)6-10(11)14(16)9-2-5-17-8-9/h2,5-8H,1,3-4H2. The summed E-state index contributed by atoms with van der Waals surface area (Å²) in [6, 6.07) is 4.84. The zero-order valence-corrected chi connectivity index (χ0v) is 10.8. The van der Waals surface area contributed by atoms with Crippen molar-refractivity contribution in [2.75, 3.05) is 13.2 Å². The number of carbonyl (C=O) groups is 1. The number of halogens is 1. The molecule has 0 spiro atoms. The Morgan fingerprint density at radius 1 is 1.16 bits per heavy atom. The summed E-state index contributed by atoms with van der Waals surface area (Å²) in [5.41, 5.74) is 0.837. The van der Waals surface area contributed by atoms with E-state index in [4.69, 9.17) is 25.5 Å². The summed E-state index contributed by atoms with van der Waals surface area (Å²) >= 11 is 6.14. The first-order valence-corrected chi connectivity index (χ1v) is 6.29. The Bertz CT molecular complexity index is 604. The topological polar surface area (TPSA) is 48.7 Å². The third-order valence-electron chi connectivity index (χ3n) is 2.87. The van der Waals surface area contributed by atoms with Gasteiger partial charge in [-0.2, -0.15) is 0 Å². The van der Waals surface area contributed by atoms with Crippen molar-refractivity contribution in [3.8, 4) is 11.5 Å². The van der Waals surface area contributed by atoms with Gasteiger partial charge in [0.25, 0.3) is 0 Å². The molecule has 98 valence electrons. The molecular formula is C14H11ClO4. The summed E-state index contributed by atoms with van der Waals surface area (Å²) in [4.78, 5) is 12.3. The number of fused-ring (bicyclic) bond motifs is 1. The molecule has 3 rings (SSSR count). The number of carbonyl (C=O) groups excluding carboxylic acids is 1. The Morgan fingerprint density at radius 2 is 1.89 bits per heavy atom. The molecule has 0 unspecified atom stereocenters. The van der Waals surface area contributed by atoms with Crippen LogP contribution in [0.1, 0.15) is 22.3 Å². The van der Waals surface area contributed by atoms with E-state index in [-0.39, 0.29) is 5.78 Å². The van der Waals surface area contributed by atoms with Crippen LogP contribution in [0.25, 0.3) is 0 Å². The second-order valence-electron chi connectivity index (χ2n) is 4.17. The van der Waals surface area contributed by atoms with Crippen LogP contribution in [0.4, 0.5) is 0 Å². The van der Waals surface area contributed by atoms with Crippen LogP contribution in [0.15, 0.2) is 35.1 Å². The van der Waals surface area contributed by atoms with Gasteiger partial charge in [-0.15, -0.1) is 0 Å². The van der Waals surface area contributed by atoms with Gasteiger partial charge >= 0.3 is 0 Å². The van der Waals surface area contributed by atoms with Crippen molar-refractivity contribution in [1.82, 2.24) is 0 Å². The lowest BCUT2D eigenvalue weighted by atomic mass is 10.1. The summed E-state index contributed by atoms with van der Waals surface area (Å²) in [5, 5.41) is 0.343. The SMILES string of the molecule is O=C(c1ccoc1)c1cc2c(cc1Cl)OCCCO2. The van der Waals surface area contributed by atoms with Crippen molar-refractivity contribution in [1.29, 1.82) is 0 Å². The fraction of sp³-hybridized carbons (Fsp3) is 0.214. The average Bonchev–Trinajstić information content (AvgIpc) is 2.84. The molecule has 0 N–H and O–H groups in total. The van der Waals surface area contributed by atoms with Crippen molar-refractivity contribution >= 4 is 17.4 Å². The van der Waals surface area contributed by atoms with E-state index >= 15 is 0 Å². The lowest BCUT2D eigenvalue weighted by Crippen LogP contribution is -2.02. The minimum Gasteiger partial charge on any atom is -0.490 e. The number of hydrogen-bond donors (Lipinski definition) is 0. The molecule has 0 atom stereocenters. The second-order valence-corrected chi connectivity index (χ2v) is 4.58. The van der Waals surface area contributed by atoms with Gasteiger partial charge in [-0.1, -0.05) is 11.6 Å². The molecule has 1 aliphatic heterocycles. The number of benzene rings is 1. The summed E-state index contributed by atoms with van der Waals surface area (Å²) in [5.74, 6) is 0.925.